The van der Waals surface area contributed by atoms with Gasteiger partial charge in [0.05, 0.1) is 11.5 Å². The van der Waals surface area contributed by atoms with Crippen LogP contribution in [0.5, 0.6) is 0 Å². The lowest BCUT2D eigenvalue weighted by Crippen LogP contribution is -2.32. The van der Waals surface area contributed by atoms with Gasteiger partial charge in [-0.15, -0.1) is 0 Å². The smallest absolute Gasteiger partial charge is 0.187 e. The summed E-state index contributed by atoms with van der Waals surface area (Å²) in [6.07, 6.45) is 2.66. The van der Waals surface area contributed by atoms with Crippen molar-refractivity contribution in [2.75, 3.05) is 11.4 Å². The number of nitrogens with zero attached hydrogens (tertiary/aromatic N) is 2. The van der Waals surface area contributed by atoms with E-state index in [4.69, 9.17) is 16.7 Å². The summed E-state index contributed by atoms with van der Waals surface area (Å²) >= 11 is 7.46. The zero-order valence-electron chi connectivity index (χ0n) is 9.61. The molecule has 0 atom stereocenters. The molecule has 0 radical (unpaired) electrons. The SMILES string of the molecule is CC(C)N(CC1CC1)c1nc(Cl)c(CO)s1. The summed E-state index contributed by atoms with van der Waals surface area (Å²) in [4.78, 5) is 7.38. The van der Waals surface area contributed by atoms with Crippen LogP contribution in [-0.4, -0.2) is 22.7 Å². The normalized spacial score (nSPS) is 15.8. The van der Waals surface area contributed by atoms with Crippen LogP contribution in [0, 0.1) is 5.92 Å². The van der Waals surface area contributed by atoms with E-state index in [1.165, 1.54) is 24.2 Å². The number of anilines is 1. The van der Waals surface area contributed by atoms with Gasteiger partial charge in [0.2, 0.25) is 0 Å². The third kappa shape index (κ3) is 2.67. The molecule has 0 unspecified atom stereocenters. The van der Waals surface area contributed by atoms with Crippen molar-refractivity contribution in [1.82, 2.24) is 4.98 Å². The molecule has 1 aliphatic rings. The van der Waals surface area contributed by atoms with E-state index in [0.29, 0.717) is 11.2 Å². The molecule has 1 aromatic heterocycles. The average molecular weight is 261 g/mol. The predicted molar refractivity (Wildman–Crippen MR) is 68.3 cm³/mol. The molecule has 0 aromatic carbocycles. The summed E-state index contributed by atoms with van der Waals surface area (Å²) in [6.45, 7) is 5.37. The van der Waals surface area contributed by atoms with Gasteiger partial charge >= 0.3 is 0 Å². The molecule has 0 spiro atoms. The summed E-state index contributed by atoms with van der Waals surface area (Å²) in [6, 6.07) is 0.425. The van der Waals surface area contributed by atoms with E-state index < -0.39 is 0 Å². The fourth-order valence-electron chi connectivity index (χ4n) is 1.63. The van der Waals surface area contributed by atoms with E-state index in [9.17, 15) is 0 Å². The third-order valence-corrected chi connectivity index (χ3v) is 4.30. The average Bonchev–Trinajstić information content (AvgIpc) is 2.98. The molecule has 0 saturated heterocycles. The second-order valence-corrected chi connectivity index (χ2v) is 5.98. The number of halogens is 1. The van der Waals surface area contributed by atoms with Crippen LogP contribution in [0.4, 0.5) is 5.13 Å². The first-order valence-corrected chi connectivity index (χ1v) is 6.84. The Bertz CT molecular complexity index is 363. The molecule has 5 heteroatoms. The highest BCUT2D eigenvalue weighted by molar-refractivity contribution is 7.16. The van der Waals surface area contributed by atoms with Gasteiger partial charge in [0.25, 0.3) is 0 Å². The summed E-state index contributed by atoms with van der Waals surface area (Å²) in [5.74, 6) is 0.822. The molecule has 1 saturated carbocycles. The highest BCUT2D eigenvalue weighted by atomic mass is 35.5. The van der Waals surface area contributed by atoms with Gasteiger partial charge in [-0.25, -0.2) is 4.98 Å². The van der Waals surface area contributed by atoms with E-state index in [2.05, 4.69) is 23.7 Å². The van der Waals surface area contributed by atoms with E-state index in [1.54, 1.807) is 0 Å². The molecule has 1 heterocycles. The Balaban J connectivity index is 2.16. The molecule has 1 aliphatic carbocycles. The first kappa shape index (κ1) is 12.1. The van der Waals surface area contributed by atoms with Crippen LogP contribution in [0.15, 0.2) is 0 Å². The largest absolute Gasteiger partial charge is 0.391 e. The van der Waals surface area contributed by atoms with Crippen molar-refractivity contribution < 1.29 is 5.11 Å². The van der Waals surface area contributed by atoms with Crippen molar-refractivity contribution in [3.8, 4) is 0 Å². The molecule has 3 nitrogen and oxygen atoms in total. The minimum atomic E-state index is -0.0220. The van der Waals surface area contributed by atoms with Gasteiger partial charge in [0, 0.05) is 12.6 Å². The van der Waals surface area contributed by atoms with Crippen LogP contribution < -0.4 is 4.90 Å². The Labute approximate surface area is 105 Å². The molecule has 0 amide bonds. The minimum absolute atomic E-state index is 0.0220. The first-order valence-electron chi connectivity index (χ1n) is 5.64. The van der Waals surface area contributed by atoms with Crippen LogP contribution >= 0.6 is 22.9 Å². The Morgan fingerprint density at radius 2 is 2.25 bits per heavy atom. The quantitative estimate of drug-likeness (QED) is 0.884. The second-order valence-electron chi connectivity index (χ2n) is 4.56. The number of aliphatic hydroxyl groups is 1. The molecule has 90 valence electrons. The zero-order valence-corrected chi connectivity index (χ0v) is 11.2. The van der Waals surface area contributed by atoms with Crippen molar-refractivity contribution in [3.05, 3.63) is 10.0 Å². The lowest BCUT2D eigenvalue weighted by atomic mass is 10.3. The van der Waals surface area contributed by atoms with E-state index in [1.807, 2.05) is 0 Å². The summed E-state index contributed by atoms with van der Waals surface area (Å²) in [5, 5.41) is 10.5. The molecule has 1 N–H and O–H groups in total. The molecule has 2 rings (SSSR count). The molecule has 0 aliphatic heterocycles. The lowest BCUT2D eigenvalue weighted by Gasteiger charge is -2.25. The van der Waals surface area contributed by atoms with Crippen molar-refractivity contribution in [3.63, 3.8) is 0 Å². The van der Waals surface area contributed by atoms with Gasteiger partial charge < -0.3 is 10.0 Å². The van der Waals surface area contributed by atoms with Gasteiger partial charge in [-0.05, 0) is 32.6 Å². The third-order valence-electron chi connectivity index (χ3n) is 2.80. The molecule has 16 heavy (non-hydrogen) atoms. The van der Waals surface area contributed by atoms with Gasteiger partial charge in [-0.2, -0.15) is 0 Å². The van der Waals surface area contributed by atoms with Crippen LogP contribution in [0.3, 0.4) is 0 Å². The maximum atomic E-state index is 9.11. The van der Waals surface area contributed by atoms with Gasteiger partial charge in [-0.3, -0.25) is 0 Å². The minimum Gasteiger partial charge on any atom is -0.391 e. The standard InChI is InChI=1S/C11H17ClN2OS/c1-7(2)14(5-8-3-4-8)11-13-10(12)9(6-15)16-11/h7-8,15H,3-6H2,1-2H3. The predicted octanol–water partition coefficient (Wildman–Crippen LogP) is 2.91. The van der Waals surface area contributed by atoms with E-state index in [0.717, 1.165) is 22.5 Å². The number of rotatable bonds is 5. The fraction of sp³-hybridized carbons (Fsp3) is 0.727. The molecular formula is C11H17ClN2OS. The summed E-state index contributed by atoms with van der Waals surface area (Å²) in [5.41, 5.74) is 0. The monoisotopic (exact) mass is 260 g/mol. The van der Waals surface area contributed by atoms with Gasteiger partial charge in [0.15, 0.2) is 5.13 Å². The van der Waals surface area contributed by atoms with Crippen molar-refractivity contribution in [1.29, 1.82) is 0 Å². The second kappa shape index (κ2) is 4.90. The Morgan fingerprint density at radius 1 is 1.56 bits per heavy atom. The fourth-order valence-corrected chi connectivity index (χ4v) is 2.89. The van der Waals surface area contributed by atoms with E-state index in [-0.39, 0.29) is 6.61 Å². The summed E-state index contributed by atoms with van der Waals surface area (Å²) < 4.78 is 0. The van der Waals surface area contributed by atoms with Crippen LogP contribution in [-0.2, 0) is 6.61 Å². The van der Waals surface area contributed by atoms with Crippen molar-refractivity contribution in [2.45, 2.75) is 39.3 Å². The van der Waals surface area contributed by atoms with E-state index >= 15 is 0 Å². The zero-order chi connectivity index (χ0) is 11.7. The maximum absolute atomic E-state index is 9.11. The Morgan fingerprint density at radius 3 is 2.69 bits per heavy atom. The maximum Gasteiger partial charge on any atom is 0.187 e. The number of hydrogen-bond acceptors (Lipinski definition) is 4. The highest BCUT2D eigenvalue weighted by Gasteiger charge is 2.27. The Kier molecular flexibility index (Phi) is 3.72. The van der Waals surface area contributed by atoms with Crippen molar-refractivity contribution in [2.24, 2.45) is 5.92 Å². The molecular weight excluding hydrogens is 244 g/mol. The van der Waals surface area contributed by atoms with Crippen LogP contribution in [0.1, 0.15) is 31.6 Å². The number of thiazole rings is 1. The number of aromatic nitrogens is 1. The van der Waals surface area contributed by atoms with Gasteiger partial charge in [-0.1, -0.05) is 22.9 Å². The topological polar surface area (TPSA) is 36.4 Å². The number of hydrogen-bond donors (Lipinski definition) is 1. The van der Waals surface area contributed by atoms with Crippen LogP contribution in [0.2, 0.25) is 5.15 Å². The van der Waals surface area contributed by atoms with Crippen molar-refractivity contribution >= 4 is 28.1 Å². The Hall–Kier alpha value is -0.320. The van der Waals surface area contributed by atoms with Crippen LogP contribution in [0.25, 0.3) is 0 Å². The highest BCUT2D eigenvalue weighted by Crippen LogP contribution is 2.35. The molecule has 0 bridgehead atoms. The molecule has 1 fully saturated rings. The lowest BCUT2D eigenvalue weighted by molar-refractivity contribution is 0.285. The molecule has 1 aromatic rings. The van der Waals surface area contributed by atoms with Gasteiger partial charge in [0.1, 0.15) is 5.15 Å². The summed E-state index contributed by atoms with van der Waals surface area (Å²) in [7, 11) is 0. The number of aliphatic hydroxyl groups excluding tert-OH is 1. The first-order chi connectivity index (χ1) is 7.61.